The quantitative estimate of drug-likeness (QED) is 0.878. The Labute approximate surface area is 112 Å². The molecule has 1 heterocycles. The minimum absolute atomic E-state index is 0.0191. The Morgan fingerprint density at radius 2 is 2.33 bits per heavy atom. The average molecular weight is 265 g/mol. The molecule has 18 heavy (non-hydrogen) atoms. The lowest BCUT2D eigenvalue weighted by molar-refractivity contribution is -0.122. The average Bonchev–Trinajstić information content (AvgIpc) is 2.91. The molecular weight excluding hydrogens is 248 g/mol. The van der Waals surface area contributed by atoms with Crippen molar-refractivity contribution in [1.82, 2.24) is 10.6 Å². The predicted molar refractivity (Wildman–Crippen MR) is 71.8 cm³/mol. The molecule has 3 nitrogen and oxygen atoms in total. The van der Waals surface area contributed by atoms with Crippen LogP contribution < -0.4 is 10.6 Å². The number of carbonyl (C=O) groups is 1. The Bertz CT molecular complexity index is 457. The van der Waals surface area contributed by atoms with Gasteiger partial charge in [-0.1, -0.05) is 23.7 Å². The second-order valence-electron chi connectivity index (χ2n) is 5.16. The minimum atomic E-state index is 0.0191. The molecule has 2 N–H and O–H groups in total. The van der Waals surface area contributed by atoms with Crippen LogP contribution >= 0.6 is 11.6 Å². The smallest absolute Gasteiger partial charge is 0.237 e. The fraction of sp³-hybridized carbons (Fsp3) is 0.500. The van der Waals surface area contributed by atoms with Crippen LogP contribution in [0.4, 0.5) is 0 Å². The Balaban J connectivity index is 1.56. The summed E-state index contributed by atoms with van der Waals surface area (Å²) in [7, 11) is 0. The molecule has 2 fully saturated rings. The molecule has 1 aromatic rings. The largest absolute Gasteiger partial charge is 0.351 e. The molecule has 3 rings (SSSR count). The van der Waals surface area contributed by atoms with Crippen molar-refractivity contribution in [2.75, 3.05) is 6.54 Å². The number of carbonyl (C=O) groups excluding carboxylic acids is 1. The van der Waals surface area contributed by atoms with Gasteiger partial charge in [0.05, 0.1) is 6.04 Å². The maximum atomic E-state index is 11.9. The summed E-state index contributed by atoms with van der Waals surface area (Å²) >= 11 is 5.98. The van der Waals surface area contributed by atoms with Crippen LogP contribution in [0.25, 0.3) is 0 Å². The predicted octanol–water partition coefficient (Wildman–Crippen LogP) is 2.06. The van der Waals surface area contributed by atoms with Crippen LogP contribution in [0.5, 0.6) is 0 Å². The van der Waals surface area contributed by atoms with Gasteiger partial charge in [0, 0.05) is 17.0 Å². The molecular formula is C14H17ClN2O. The van der Waals surface area contributed by atoms with E-state index >= 15 is 0 Å². The Morgan fingerprint density at radius 1 is 1.44 bits per heavy atom. The van der Waals surface area contributed by atoms with Gasteiger partial charge < -0.3 is 10.6 Å². The standard InChI is InChI=1S/C14H17ClN2O/c15-10-4-1-3-9(7-10)11-8-13(11)17-14(18)12-5-2-6-16-12/h1,3-4,7,11-13,16H,2,5-6,8H2,(H,17,18). The lowest BCUT2D eigenvalue weighted by atomic mass is 10.1. The summed E-state index contributed by atoms with van der Waals surface area (Å²) < 4.78 is 0. The molecule has 0 aromatic heterocycles. The van der Waals surface area contributed by atoms with E-state index in [2.05, 4.69) is 16.7 Å². The van der Waals surface area contributed by atoms with E-state index in [1.165, 1.54) is 5.56 Å². The summed E-state index contributed by atoms with van der Waals surface area (Å²) in [6.07, 6.45) is 3.08. The minimum Gasteiger partial charge on any atom is -0.351 e. The zero-order valence-corrected chi connectivity index (χ0v) is 10.9. The molecule has 4 heteroatoms. The SMILES string of the molecule is O=C(NC1CC1c1cccc(Cl)c1)C1CCCN1. The van der Waals surface area contributed by atoms with Crippen LogP contribution in [-0.2, 0) is 4.79 Å². The summed E-state index contributed by atoms with van der Waals surface area (Å²) in [5, 5.41) is 7.11. The number of hydrogen-bond acceptors (Lipinski definition) is 2. The van der Waals surface area contributed by atoms with Crippen LogP contribution in [0.2, 0.25) is 5.02 Å². The summed E-state index contributed by atoms with van der Waals surface area (Å²) in [5.41, 5.74) is 1.23. The number of rotatable bonds is 3. The monoisotopic (exact) mass is 264 g/mol. The van der Waals surface area contributed by atoms with Gasteiger partial charge in [0.25, 0.3) is 0 Å². The van der Waals surface area contributed by atoms with Gasteiger partial charge in [0.15, 0.2) is 0 Å². The van der Waals surface area contributed by atoms with E-state index in [0.717, 1.165) is 30.8 Å². The highest BCUT2D eigenvalue weighted by molar-refractivity contribution is 6.30. The first-order valence-electron chi connectivity index (χ1n) is 6.53. The number of hydrogen-bond donors (Lipinski definition) is 2. The van der Waals surface area contributed by atoms with E-state index in [9.17, 15) is 4.79 Å². The number of amides is 1. The Morgan fingerprint density at radius 3 is 3.06 bits per heavy atom. The van der Waals surface area contributed by atoms with E-state index in [1.807, 2.05) is 18.2 Å². The molecule has 1 saturated carbocycles. The molecule has 0 bridgehead atoms. The van der Waals surface area contributed by atoms with Crippen molar-refractivity contribution < 1.29 is 4.79 Å². The van der Waals surface area contributed by atoms with Gasteiger partial charge in [-0.2, -0.15) is 0 Å². The van der Waals surface area contributed by atoms with Crippen LogP contribution in [0, 0.1) is 0 Å². The van der Waals surface area contributed by atoms with E-state index in [4.69, 9.17) is 11.6 Å². The lowest BCUT2D eigenvalue weighted by Crippen LogP contribution is -2.41. The molecule has 1 aliphatic heterocycles. The lowest BCUT2D eigenvalue weighted by Gasteiger charge is -2.10. The van der Waals surface area contributed by atoms with Crippen molar-refractivity contribution in [1.29, 1.82) is 0 Å². The summed E-state index contributed by atoms with van der Waals surface area (Å²) in [6.45, 7) is 0.959. The first-order chi connectivity index (χ1) is 8.74. The zero-order valence-electron chi connectivity index (χ0n) is 10.2. The third kappa shape index (κ3) is 2.52. The molecule has 2 aliphatic rings. The second-order valence-corrected chi connectivity index (χ2v) is 5.60. The molecule has 3 atom stereocenters. The Kier molecular flexibility index (Phi) is 3.27. The molecule has 96 valence electrons. The fourth-order valence-corrected chi connectivity index (χ4v) is 2.85. The van der Waals surface area contributed by atoms with Crippen LogP contribution in [0.3, 0.4) is 0 Å². The van der Waals surface area contributed by atoms with Gasteiger partial charge in [0.2, 0.25) is 5.91 Å². The Hall–Kier alpha value is -1.06. The third-order valence-electron chi connectivity index (χ3n) is 3.77. The first-order valence-corrected chi connectivity index (χ1v) is 6.91. The van der Waals surface area contributed by atoms with Crippen LogP contribution in [-0.4, -0.2) is 24.5 Å². The van der Waals surface area contributed by atoms with Gasteiger partial charge in [-0.25, -0.2) is 0 Å². The van der Waals surface area contributed by atoms with Crippen molar-refractivity contribution >= 4 is 17.5 Å². The molecule has 1 aromatic carbocycles. The summed E-state index contributed by atoms with van der Waals surface area (Å²) in [6, 6.07) is 8.23. The maximum absolute atomic E-state index is 11.9. The summed E-state index contributed by atoms with van der Waals surface area (Å²) in [5.74, 6) is 0.594. The topological polar surface area (TPSA) is 41.1 Å². The molecule has 0 spiro atoms. The number of nitrogens with one attached hydrogen (secondary N) is 2. The van der Waals surface area contributed by atoms with Crippen molar-refractivity contribution in [3.8, 4) is 0 Å². The molecule has 1 saturated heterocycles. The highest BCUT2D eigenvalue weighted by Gasteiger charge is 2.40. The van der Waals surface area contributed by atoms with Crippen LogP contribution in [0.1, 0.15) is 30.7 Å². The highest BCUT2D eigenvalue weighted by Crippen LogP contribution is 2.41. The van der Waals surface area contributed by atoms with E-state index in [-0.39, 0.29) is 11.9 Å². The van der Waals surface area contributed by atoms with Gasteiger partial charge in [0.1, 0.15) is 0 Å². The van der Waals surface area contributed by atoms with Gasteiger partial charge in [-0.05, 0) is 43.5 Å². The van der Waals surface area contributed by atoms with Gasteiger partial charge >= 0.3 is 0 Å². The first kappa shape index (κ1) is 12.0. The van der Waals surface area contributed by atoms with Crippen molar-refractivity contribution in [2.24, 2.45) is 0 Å². The van der Waals surface area contributed by atoms with Gasteiger partial charge in [-0.15, -0.1) is 0 Å². The third-order valence-corrected chi connectivity index (χ3v) is 4.01. The zero-order chi connectivity index (χ0) is 12.5. The van der Waals surface area contributed by atoms with Crippen molar-refractivity contribution in [3.05, 3.63) is 34.9 Å². The maximum Gasteiger partial charge on any atom is 0.237 e. The highest BCUT2D eigenvalue weighted by atomic mass is 35.5. The molecule has 1 amide bonds. The number of halogens is 1. The van der Waals surface area contributed by atoms with Crippen molar-refractivity contribution in [2.45, 2.75) is 37.3 Å². The summed E-state index contributed by atoms with van der Waals surface area (Å²) in [4.78, 5) is 11.9. The molecule has 3 unspecified atom stereocenters. The fourth-order valence-electron chi connectivity index (χ4n) is 2.65. The molecule has 0 radical (unpaired) electrons. The normalized spacial score (nSPS) is 30.2. The number of benzene rings is 1. The van der Waals surface area contributed by atoms with E-state index < -0.39 is 0 Å². The van der Waals surface area contributed by atoms with Gasteiger partial charge in [-0.3, -0.25) is 4.79 Å². The van der Waals surface area contributed by atoms with E-state index in [0.29, 0.717) is 12.0 Å². The second kappa shape index (κ2) is 4.90. The van der Waals surface area contributed by atoms with E-state index in [1.54, 1.807) is 0 Å². The van der Waals surface area contributed by atoms with Crippen LogP contribution in [0.15, 0.2) is 24.3 Å². The molecule has 1 aliphatic carbocycles. The van der Waals surface area contributed by atoms with Crippen molar-refractivity contribution in [3.63, 3.8) is 0 Å².